The van der Waals surface area contributed by atoms with Crippen LogP contribution < -0.4 is 20.9 Å². The van der Waals surface area contributed by atoms with Gasteiger partial charge in [-0.15, -0.1) is 0 Å². The van der Waals surface area contributed by atoms with E-state index in [9.17, 15) is 78.1 Å². The second kappa shape index (κ2) is 23.8. The maximum absolute atomic E-state index is 15.1. The molecule has 6 aromatic rings. The minimum Gasteiger partial charge on any atom is -0.207 e. The summed E-state index contributed by atoms with van der Waals surface area (Å²) in [5.74, 6) is -14.4. The van der Waals surface area contributed by atoms with Crippen LogP contribution in [0.1, 0.15) is 47.2 Å². The fourth-order valence-electron chi connectivity index (χ4n) is 12.4. The van der Waals surface area contributed by atoms with Gasteiger partial charge in [-0.05, 0) is 185 Å². The van der Waals surface area contributed by atoms with Crippen molar-refractivity contribution in [1.29, 1.82) is 21.0 Å². The van der Waals surface area contributed by atoms with Crippen LogP contribution in [0.2, 0.25) is 0 Å². The second-order valence-electron chi connectivity index (χ2n) is 20.8. The highest BCUT2D eigenvalue weighted by Crippen LogP contribution is 2.48. The number of hydrogen-bond acceptors (Lipinski definition) is 4. The summed E-state index contributed by atoms with van der Waals surface area (Å²) in [7, 11) is 0. The fourth-order valence-corrected chi connectivity index (χ4v) is 12.4. The van der Waals surface area contributed by atoms with E-state index in [0.29, 0.717) is 12.1 Å². The van der Waals surface area contributed by atoms with Gasteiger partial charge in [0.2, 0.25) is 0 Å². The van der Waals surface area contributed by atoms with Crippen molar-refractivity contribution in [3.63, 3.8) is 0 Å². The van der Waals surface area contributed by atoms with Crippen LogP contribution in [0.25, 0.3) is 86.2 Å². The second-order valence-corrected chi connectivity index (χ2v) is 20.8. The highest BCUT2D eigenvalue weighted by atomic mass is 19.4. The van der Waals surface area contributed by atoms with E-state index in [4.69, 9.17) is 26.3 Å². The molecule has 4 aliphatic rings. The average molecular weight is 1310 g/mol. The van der Waals surface area contributed by atoms with Crippen molar-refractivity contribution in [2.24, 2.45) is 0 Å². The molecule has 6 aromatic carbocycles. The first-order chi connectivity index (χ1) is 43.9. The predicted octanol–water partition coefficient (Wildman–Crippen LogP) is 16.0. The standard InChI is InChI=1S/C34H11F13N4.C32H13F7N4/c1-12-16(31(50-2)51-3)8-18-24(12)25(13-4-20(35)29(21(36)5-13)33(42,43)44)19-9-17(15(10-48)11-49)28(32(39,40)41)27(19)26(18)14-6-22(37)30(23(38)7-14)34(45,46)47;1-14-22(31(42-2)43-3)10-24-26(14)27(15-4-18(33)8-19(34)5-15)25-11-23(17(12-40)13-41)30(32(37,38)39)29(25)28(24)16-6-20(35)9-21(36)7-16/h4-7H,8-9H2,1H3;4-9H,10-11H2,1H3. The molecule has 8 nitrogen and oxygen atoms in total. The minimum absolute atomic E-state index is 0.0270. The smallest absolute Gasteiger partial charge is 0.207 e. The van der Waals surface area contributed by atoms with Crippen LogP contribution in [0.3, 0.4) is 0 Å². The van der Waals surface area contributed by atoms with Gasteiger partial charge in [0.05, 0.1) is 22.3 Å². The van der Waals surface area contributed by atoms with Crippen LogP contribution in [0.15, 0.2) is 106 Å². The lowest BCUT2D eigenvalue weighted by atomic mass is 9.86. The lowest BCUT2D eigenvalue weighted by Crippen LogP contribution is -2.27. The predicted molar refractivity (Wildman–Crippen MR) is 292 cm³/mol. The number of nitriles is 4. The van der Waals surface area contributed by atoms with Crippen LogP contribution in [0.5, 0.6) is 0 Å². The highest BCUT2D eigenvalue weighted by molar-refractivity contribution is 5.95. The summed E-state index contributed by atoms with van der Waals surface area (Å²) in [5.41, 5.74) is -17.3. The van der Waals surface area contributed by atoms with Gasteiger partial charge in [0.25, 0.3) is 0 Å². The first-order valence-electron chi connectivity index (χ1n) is 26.1. The molecule has 0 saturated carbocycles. The van der Waals surface area contributed by atoms with Crippen molar-refractivity contribution in [2.45, 2.75) is 64.2 Å². The van der Waals surface area contributed by atoms with Gasteiger partial charge in [0.1, 0.15) is 119 Å². The molecule has 10 rings (SSSR count). The molecular formula is C66H24F20N8. The Morgan fingerprint density at radius 2 is 0.585 bits per heavy atom. The zero-order chi connectivity index (χ0) is 69.5. The fraction of sp³-hybridized carbons (Fsp3) is 0.152. The lowest BCUT2D eigenvalue weighted by Gasteiger charge is -2.19. The molecule has 0 aromatic heterocycles. The SMILES string of the molecule is [C-]#[N+]C([N+]#[C-])=C1Cc2c(-c3cc(F)c(C(F)(F)F)c(F)c3)c3c(c(-c4cc(F)c(C(F)(F)F)c(F)c4)c2=C1C)CC(=C(C#N)C#N)C=3C(F)(F)F.[C-]#[N+]C([N+]#[C-])=C1Cc2c(-c3cc(F)cc(F)c3)c3c(c(-c4cc(F)cc(F)c4)c2=C1C)CC(=C(C#N)C#N)C=3C(F)(F)F. The molecule has 0 fully saturated rings. The molecule has 0 radical (unpaired) electrons. The molecule has 0 N–H and O–H groups in total. The zero-order valence-electron chi connectivity index (χ0n) is 46.7. The zero-order valence-corrected chi connectivity index (χ0v) is 46.7. The Labute approximate surface area is 514 Å². The number of alkyl halides is 12. The minimum atomic E-state index is -5.62. The first kappa shape index (κ1) is 66.7. The van der Waals surface area contributed by atoms with Crippen LogP contribution >= 0.6 is 0 Å². The average Bonchev–Trinajstić information content (AvgIpc) is 1.53. The number of benzene rings is 6. The molecule has 0 saturated heterocycles. The number of rotatable bonds is 4. The van der Waals surface area contributed by atoms with Crippen LogP contribution in [0, 0.1) is 118 Å². The third kappa shape index (κ3) is 11.2. The maximum atomic E-state index is 15.1. The van der Waals surface area contributed by atoms with E-state index in [1.54, 1.807) is 0 Å². The quantitative estimate of drug-likeness (QED) is 0.0994. The van der Waals surface area contributed by atoms with Crippen molar-refractivity contribution < 1.29 is 87.8 Å². The topological polar surface area (TPSA) is 113 Å². The molecule has 0 spiro atoms. The van der Waals surface area contributed by atoms with E-state index in [-0.39, 0.29) is 96.8 Å². The Hall–Kier alpha value is -11.7. The number of nitrogens with zero attached hydrogens (tertiary/aromatic N) is 8. The molecule has 0 atom stereocenters. The number of allylic oxidation sites excluding steroid dienone is 6. The van der Waals surface area contributed by atoms with E-state index >= 15 is 30.7 Å². The van der Waals surface area contributed by atoms with Gasteiger partial charge in [0, 0.05) is 25.0 Å². The summed E-state index contributed by atoms with van der Waals surface area (Å²) in [5, 5.41) is 36.2. The van der Waals surface area contributed by atoms with Gasteiger partial charge in [-0.3, -0.25) is 0 Å². The van der Waals surface area contributed by atoms with Gasteiger partial charge >= 0.3 is 36.3 Å². The third-order valence-electron chi connectivity index (χ3n) is 15.7. The van der Waals surface area contributed by atoms with Crippen LogP contribution in [0.4, 0.5) is 87.8 Å². The third-order valence-corrected chi connectivity index (χ3v) is 15.7. The normalized spacial score (nSPS) is 13.9. The molecule has 0 aliphatic heterocycles. The first-order valence-corrected chi connectivity index (χ1v) is 26.1. The Morgan fingerprint density at radius 3 is 0.819 bits per heavy atom. The highest BCUT2D eigenvalue weighted by Gasteiger charge is 2.48. The van der Waals surface area contributed by atoms with E-state index in [1.807, 2.05) is 0 Å². The maximum Gasteiger partial charge on any atom is 0.523 e. The van der Waals surface area contributed by atoms with Crippen molar-refractivity contribution >= 4 is 22.3 Å². The van der Waals surface area contributed by atoms with E-state index in [0.717, 1.165) is 24.3 Å². The van der Waals surface area contributed by atoms with Crippen LogP contribution in [-0.2, 0) is 38.0 Å². The van der Waals surface area contributed by atoms with E-state index < -0.39 is 191 Å². The van der Waals surface area contributed by atoms with Crippen molar-refractivity contribution in [2.75, 3.05) is 0 Å². The number of fused-ring (bicyclic) bond motifs is 4. The Morgan fingerprint density at radius 1 is 0.351 bits per heavy atom. The summed E-state index contributed by atoms with van der Waals surface area (Å²) < 4.78 is 289. The molecule has 28 heteroatoms. The molecule has 94 heavy (non-hydrogen) atoms. The monoisotopic (exact) mass is 1310 g/mol. The lowest BCUT2D eigenvalue weighted by molar-refractivity contribution is -0.143. The molecule has 468 valence electrons. The van der Waals surface area contributed by atoms with Crippen molar-refractivity contribution in [1.82, 2.24) is 0 Å². The van der Waals surface area contributed by atoms with Gasteiger partial charge in [-0.2, -0.15) is 93.1 Å². The summed E-state index contributed by atoms with van der Waals surface area (Å²) in [4.78, 5) is 12.5. The summed E-state index contributed by atoms with van der Waals surface area (Å²) in [6, 6.07) is 10.4. The molecule has 0 amide bonds. The summed E-state index contributed by atoms with van der Waals surface area (Å²) in [6.45, 7) is 32.4. The summed E-state index contributed by atoms with van der Waals surface area (Å²) in [6.07, 6.45) is -24.8. The molecule has 0 unspecified atom stereocenters. The summed E-state index contributed by atoms with van der Waals surface area (Å²) >= 11 is 0. The van der Waals surface area contributed by atoms with E-state index in [1.165, 1.54) is 38.1 Å². The molecule has 4 aliphatic carbocycles. The molecule has 0 heterocycles. The van der Waals surface area contributed by atoms with Gasteiger partial charge < -0.3 is 0 Å². The van der Waals surface area contributed by atoms with Gasteiger partial charge in [-0.1, -0.05) is 0 Å². The Balaban J connectivity index is 0.000000224. The van der Waals surface area contributed by atoms with Crippen LogP contribution in [-0.4, -0.2) is 12.4 Å². The Kier molecular flexibility index (Phi) is 16.9. The van der Waals surface area contributed by atoms with Gasteiger partial charge in [0.15, 0.2) is 0 Å². The number of halogens is 20. The van der Waals surface area contributed by atoms with E-state index in [2.05, 4.69) is 19.4 Å². The molecular weight excluding hydrogens is 1280 g/mol. The Bertz CT molecular complexity index is 5130. The van der Waals surface area contributed by atoms with Crippen molar-refractivity contribution in [3.8, 4) is 68.8 Å². The molecule has 0 bridgehead atoms. The van der Waals surface area contributed by atoms with Gasteiger partial charge in [-0.25, -0.2) is 35.1 Å². The van der Waals surface area contributed by atoms with Crippen molar-refractivity contribution in [3.05, 3.63) is 252 Å². The largest absolute Gasteiger partial charge is 0.523 e. The number of hydrogen-bond donors (Lipinski definition) is 0.